The van der Waals surface area contributed by atoms with E-state index in [-0.39, 0.29) is 0 Å². The third-order valence-electron chi connectivity index (χ3n) is 8.12. The van der Waals surface area contributed by atoms with E-state index in [1.807, 2.05) is 0 Å². The van der Waals surface area contributed by atoms with E-state index in [0.717, 1.165) is 12.8 Å². The second kappa shape index (κ2) is 8.36. The fourth-order valence-corrected chi connectivity index (χ4v) is 8.40. The van der Waals surface area contributed by atoms with Crippen molar-refractivity contribution in [2.45, 2.75) is 39.8 Å². The van der Waals surface area contributed by atoms with E-state index in [9.17, 15) is 0 Å². The van der Waals surface area contributed by atoms with Crippen LogP contribution in [0.1, 0.15) is 33.4 Å². The van der Waals surface area contributed by atoms with Crippen molar-refractivity contribution >= 4 is 20.2 Å². The summed E-state index contributed by atoms with van der Waals surface area (Å²) in [6, 6.07) is 31.6. The minimum Gasteiger partial charge on any atom is -0.0714 e. The summed E-state index contributed by atoms with van der Waals surface area (Å²) in [6.45, 7) is 9.42. The number of rotatable bonds is 4. The first-order valence-electron chi connectivity index (χ1n) is 12.7. The smallest absolute Gasteiger partial charge is 0.0714 e. The van der Waals surface area contributed by atoms with Crippen LogP contribution in [0, 0.1) is 13.8 Å². The van der Waals surface area contributed by atoms with E-state index in [2.05, 4.69) is 124 Å². The molecule has 0 nitrogen and oxygen atoms in total. The topological polar surface area (TPSA) is 0 Å². The zero-order valence-corrected chi connectivity index (χ0v) is 22.2. The first-order valence-corrected chi connectivity index (χ1v) is 15.7. The van der Waals surface area contributed by atoms with Crippen molar-refractivity contribution in [2.24, 2.45) is 0 Å². The molecule has 172 valence electrons. The van der Waals surface area contributed by atoms with Gasteiger partial charge in [-0.15, -0.1) is 0 Å². The maximum atomic E-state index is 2.56. The van der Waals surface area contributed by atoms with Gasteiger partial charge in [0.15, 0.2) is 0 Å². The van der Waals surface area contributed by atoms with Gasteiger partial charge >= 0.3 is 0 Å². The largest absolute Gasteiger partial charge is 0.103 e. The van der Waals surface area contributed by atoms with Gasteiger partial charge in [-0.2, -0.15) is 0 Å². The fourth-order valence-electron chi connectivity index (χ4n) is 5.71. The lowest BCUT2D eigenvalue weighted by atomic mass is 9.97. The summed E-state index contributed by atoms with van der Waals surface area (Å²) in [5.41, 5.74) is 13.8. The molecule has 35 heavy (non-hydrogen) atoms. The number of hydrogen-bond donors (Lipinski definition) is 0. The minimum absolute atomic E-state index is 1.09. The summed E-state index contributed by atoms with van der Waals surface area (Å²) in [5.74, 6) is 0. The Morgan fingerprint density at radius 1 is 0.514 bits per heavy atom. The monoisotopic (exact) mass is 468 g/mol. The Morgan fingerprint density at radius 3 is 1.31 bits per heavy atom. The van der Waals surface area contributed by atoms with E-state index in [1.54, 1.807) is 10.4 Å². The van der Waals surface area contributed by atoms with Crippen LogP contribution in [0.25, 0.3) is 34.4 Å². The third kappa shape index (κ3) is 3.85. The molecule has 0 heterocycles. The fraction of sp³-hybridized carbons (Fsp3) is 0.176. The highest BCUT2D eigenvalue weighted by atomic mass is 28.3. The van der Waals surface area contributed by atoms with Crippen molar-refractivity contribution in [1.29, 1.82) is 0 Å². The second-order valence-electron chi connectivity index (χ2n) is 10.8. The Balaban J connectivity index is 1.37. The second-order valence-corrected chi connectivity index (χ2v) is 15.3. The minimum atomic E-state index is -1.78. The molecule has 2 aliphatic carbocycles. The number of fused-ring (bicyclic) bond motifs is 2. The molecule has 4 aromatic rings. The number of allylic oxidation sites excluding steroid dienone is 2. The van der Waals surface area contributed by atoms with Crippen molar-refractivity contribution < 1.29 is 0 Å². The van der Waals surface area contributed by atoms with Crippen LogP contribution in [-0.4, -0.2) is 8.07 Å². The molecule has 0 bridgehead atoms. The first-order chi connectivity index (χ1) is 16.9. The van der Waals surface area contributed by atoms with Gasteiger partial charge < -0.3 is 0 Å². The van der Waals surface area contributed by atoms with Gasteiger partial charge in [-0.05, 0) is 71.2 Å². The van der Waals surface area contributed by atoms with Crippen molar-refractivity contribution in [3.05, 3.63) is 129 Å². The van der Waals surface area contributed by atoms with Crippen LogP contribution in [0.15, 0.2) is 95.3 Å². The molecule has 0 fully saturated rings. The van der Waals surface area contributed by atoms with Crippen LogP contribution in [0.3, 0.4) is 0 Å². The normalized spacial score (nSPS) is 14.4. The van der Waals surface area contributed by atoms with Crippen LogP contribution >= 0.6 is 0 Å². The molecule has 1 heteroatoms. The van der Waals surface area contributed by atoms with Crippen molar-refractivity contribution in [1.82, 2.24) is 0 Å². The number of aryl methyl sites for hydroxylation is 2. The molecule has 0 spiro atoms. The molecule has 4 aromatic carbocycles. The van der Waals surface area contributed by atoms with E-state index < -0.39 is 8.07 Å². The van der Waals surface area contributed by atoms with Crippen molar-refractivity contribution in [3.8, 4) is 22.3 Å². The van der Waals surface area contributed by atoms with Gasteiger partial charge in [-0.25, -0.2) is 0 Å². The van der Waals surface area contributed by atoms with E-state index >= 15 is 0 Å². The van der Waals surface area contributed by atoms with Gasteiger partial charge in [0.25, 0.3) is 0 Å². The molecule has 0 aromatic heterocycles. The number of benzene rings is 4. The molecule has 0 saturated carbocycles. The first kappa shape index (κ1) is 22.1. The standard InChI is InChI=1S/C34H32Si/c1-23-11-15-25(16-12-23)31-9-5-7-27-19-29(21-33(27)31)35(3,4)30-20-28-8-6-10-32(34(28)22-30)26-17-13-24(2)14-18-26/h5-18,21-22H,19-20H2,1-4H3. The van der Waals surface area contributed by atoms with E-state index in [0.29, 0.717) is 0 Å². The molecule has 0 atom stereocenters. The van der Waals surface area contributed by atoms with Crippen LogP contribution in [0.5, 0.6) is 0 Å². The third-order valence-corrected chi connectivity index (χ3v) is 12.0. The van der Waals surface area contributed by atoms with Gasteiger partial charge in [0, 0.05) is 0 Å². The molecule has 0 amide bonds. The lowest BCUT2D eigenvalue weighted by molar-refractivity contribution is 1.22. The summed E-state index contributed by atoms with van der Waals surface area (Å²) in [5, 5.41) is 3.31. The number of hydrogen-bond acceptors (Lipinski definition) is 0. The molecule has 0 aliphatic heterocycles. The highest BCUT2D eigenvalue weighted by molar-refractivity contribution is 6.92. The lowest BCUT2D eigenvalue weighted by Crippen LogP contribution is -2.32. The Hall–Kier alpha value is -3.42. The summed E-state index contributed by atoms with van der Waals surface area (Å²) < 4.78 is 0. The Labute approximate surface area is 210 Å². The Morgan fingerprint density at radius 2 is 0.914 bits per heavy atom. The van der Waals surface area contributed by atoms with Crippen LogP contribution < -0.4 is 0 Å². The Bertz CT molecular complexity index is 1380. The summed E-state index contributed by atoms with van der Waals surface area (Å²) in [6.07, 6.45) is 7.27. The lowest BCUT2D eigenvalue weighted by Gasteiger charge is -2.26. The van der Waals surface area contributed by atoms with E-state index in [1.165, 1.54) is 55.6 Å². The van der Waals surface area contributed by atoms with Gasteiger partial charge in [0.05, 0.1) is 0 Å². The average Bonchev–Trinajstić information content (AvgIpc) is 3.50. The van der Waals surface area contributed by atoms with Gasteiger partial charge in [-0.3, -0.25) is 0 Å². The highest BCUT2D eigenvalue weighted by Gasteiger charge is 2.36. The molecule has 0 unspecified atom stereocenters. The van der Waals surface area contributed by atoms with Crippen LogP contribution in [0.4, 0.5) is 0 Å². The average molecular weight is 469 g/mol. The zero-order valence-electron chi connectivity index (χ0n) is 21.2. The quantitative estimate of drug-likeness (QED) is 0.262. The molecular weight excluding hydrogens is 436 g/mol. The molecular formula is C34H32Si. The molecule has 2 aliphatic rings. The predicted molar refractivity (Wildman–Crippen MR) is 154 cm³/mol. The van der Waals surface area contributed by atoms with Gasteiger partial charge in [-0.1, -0.05) is 132 Å². The maximum Gasteiger partial charge on any atom is 0.103 e. The Kier molecular flexibility index (Phi) is 5.27. The van der Waals surface area contributed by atoms with Gasteiger partial charge in [0.1, 0.15) is 8.07 Å². The van der Waals surface area contributed by atoms with Crippen LogP contribution in [0.2, 0.25) is 13.1 Å². The molecule has 0 N–H and O–H groups in total. The molecule has 0 saturated heterocycles. The highest BCUT2D eigenvalue weighted by Crippen LogP contribution is 2.43. The van der Waals surface area contributed by atoms with Gasteiger partial charge in [0.2, 0.25) is 0 Å². The van der Waals surface area contributed by atoms with E-state index in [4.69, 9.17) is 0 Å². The summed E-state index contributed by atoms with van der Waals surface area (Å²) >= 11 is 0. The molecule has 6 rings (SSSR count). The SMILES string of the molecule is Cc1ccc(-c2cccc3c2C=C([Si](C)(C)C2=Cc4c(cccc4-c4ccc(C)cc4)C2)C3)cc1. The van der Waals surface area contributed by atoms with Crippen molar-refractivity contribution in [2.75, 3.05) is 0 Å². The maximum absolute atomic E-state index is 2.56. The summed E-state index contributed by atoms with van der Waals surface area (Å²) in [7, 11) is -1.78. The van der Waals surface area contributed by atoms with Crippen molar-refractivity contribution in [3.63, 3.8) is 0 Å². The predicted octanol–water partition coefficient (Wildman–Crippen LogP) is 9.00. The van der Waals surface area contributed by atoms with Crippen LogP contribution in [-0.2, 0) is 12.8 Å². The summed E-state index contributed by atoms with van der Waals surface area (Å²) in [4.78, 5) is 0. The zero-order chi connectivity index (χ0) is 24.2. The molecule has 0 radical (unpaired) electrons.